The van der Waals surface area contributed by atoms with E-state index in [1.807, 2.05) is 0 Å². The molecule has 0 saturated carbocycles. The van der Waals surface area contributed by atoms with Crippen LogP contribution in [0.4, 0.5) is 10.2 Å². The topological polar surface area (TPSA) is 138 Å². The third kappa shape index (κ3) is 4.36. The Labute approximate surface area is 229 Å². The van der Waals surface area contributed by atoms with Crippen LogP contribution in [0.5, 0.6) is 0 Å². The second-order valence-electron chi connectivity index (χ2n) is 8.92. The first-order valence-corrected chi connectivity index (χ1v) is 12.9. The fraction of sp³-hybridized carbons (Fsp3) is 0.111. The zero-order valence-electron chi connectivity index (χ0n) is 21.2. The number of aromatic nitrogens is 7. The fourth-order valence-electron chi connectivity index (χ4n) is 4.33. The summed E-state index contributed by atoms with van der Waals surface area (Å²) in [5.74, 6) is 5.17. The van der Waals surface area contributed by atoms with Crippen molar-refractivity contribution in [1.29, 1.82) is 0 Å². The Morgan fingerprint density at radius 3 is 2.88 bits per heavy atom. The Balaban J connectivity index is 1.47. The van der Waals surface area contributed by atoms with E-state index in [0.29, 0.717) is 21.3 Å². The number of aryl methyl sites for hydroxylation is 1. The number of thiophene rings is 1. The van der Waals surface area contributed by atoms with Crippen LogP contribution in [0.1, 0.15) is 40.3 Å². The Bertz CT molecular complexity index is 2060. The molecule has 5 heterocycles. The molecule has 0 aliphatic rings. The molecule has 6 rings (SSSR count). The van der Waals surface area contributed by atoms with Crippen molar-refractivity contribution in [2.45, 2.75) is 13.0 Å². The first kappa shape index (κ1) is 25.0. The normalized spacial score (nSPS) is 11.9. The number of nitrogens with two attached hydrogens (primary N) is 1. The smallest absolute Gasteiger partial charge is 0.268 e. The fourth-order valence-corrected chi connectivity index (χ4v) is 5.20. The van der Waals surface area contributed by atoms with Gasteiger partial charge in [0.15, 0.2) is 11.5 Å². The SMILES string of the molecule is CC(NC(=O)c1c(N)nn2cccnc12)c1nc2scc(C#Cc3cnn(C)c3)c2c(=O)n1-c1cccc(F)c1. The largest absolute Gasteiger partial charge is 0.381 e. The molecule has 3 N–H and O–H groups in total. The van der Waals surface area contributed by atoms with E-state index in [-0.39, 0.29) is 28.5 Å². The van der Waals surface area contributed by atoms with Gasteiger partial charge in [-0.2, -0.15) is 5.10 Å². The average molecular weight is 554 g/mol. The van der Waals surface area contributed by atoms with Crippen molar-refractivity contribution < 1.29 is 9.18 Å². The van der Waals surface area contributed by atoms with E-state index in [1.54, 1.807) is 54.8 Å². The molecule has 13 heteroatoms. The van der Waals surface area contributed by atoms with E-state index in [4.69, 9.17) is 10.7 Å². The van der Waals surface area contributed by atoms with Gasteiger partial charge in [-0.1, -0.05) is 17.9 Å². The number of amides is 1. The summed E-state index contributed by atoms with van der Waals surface area (Å²) >= 11 is 1.25. The standard InChI is InChI=1S/C27H20FN9O2S/c1-15(32-25(38)21-22(29)34-36-10-4-9-30-24(21)36)23-33-26-20(27(39)37(23)19-6-3-5-18(28)11-19)17(14-40-26)8-7-16-12-31-35(2)13-16/h3-6,9-15H,1-2H3,(H2,29,34)(H,32,38). The Morgan fingerprint density at radius 2 is 2.10 bits per heavy atom. The zero-order valence-corrected chi connectivity index (χ0v) is 22.0. The van der Waals surface area contributed by atoms with E-state index in [1.165, 1.54) is 44.8 Å². The maximum absolute atomic E-state index is 14.3. The molecule has 0 saturated heterocycles. The molecular formula is C27H20FN9O2S. The highest BCUT2D eigenvalue weighted by atomic mass is 32.1. The Hall–Kier alpha value is -5.35. The summed E-state index contributed by atoms with van der Waals surface area (Å²) < 4.78 is 18.6. The number of carbonyl (C=O) groups is 1. The molecule has 5 aromatic heterocycles. The number of nitrogens with one attached hydrogen (secondary N) is 1. The number of nitrogens with zero attached hydrogens (tertiary/aromatic N) is 7. The van der Waals surface area contributed by atoms with Gasteiger partial charge in [-0.15, -0.1) is 16.4 Å². The molecule has 0 spiro atoms. The molecule has 40 heavy (non-hydrogen) atoms. The number of hydrogen-bond donors (Lipinski definition) is 2. The van der Waals surface area contributed by atoms with Gasteiger partial charge < -0.3 is 11.1 Å². The van der Waals surface area contributed by atoms with Crippen LogP contribution in [-0.2, 0) is 7.05 Å². The summed E-state index contributed by atoms with van der Waals surface area (Å²) in [5.41, 5.74) is 7.38. The highest BCUT2D eigenvalue weighted by Crippen LogP contribution is 2.26. The second kappa shape index (κ2) is 9.75. The number of rotatable bonds is 4. The molecule has 6 aromatic rings. The molecule has 1 atom stereocenters. The van der Waals surface area contributed by atoms with Crippen molar-refractivity contribution in [3.8, 4) is 17.5 Å². The van der Waals surface area contributed by atoms with Crippen molar-refractivity contribution in [2.75, 3.05) is 5.73 Å². The van der Waals surface area contributed by atoms with Crippen molar-refractivity contribution in [2.24, 2.45) is 7.05 Å². The van der Waals surface area contributed by atoms with Crippen molar-refractivity contribution in [3.63, 3.8) is 0 Å². The third-order valence-electron chi connectivity index (χ3n) is 6.13. The number of benzene rings is 1. The minimum Gasteiger partial charge on any atom is -0.381 e. The first-order chi connectivity index (χ1) is 19.3. The van der Waals surface area contributed by atoms with Crippen LogP contribution < -0.4 is 16.6 Å². The highest BCUT2D eigenvalue weighted by molar-refractivity contribution is 7.17. The minimum atomic E-state index is -0.794. The quantitative estimate of drug-likeness (QED) is 0.320. The van der Waals surface area contributed by atoms with Crippen LogP contribution >= 0.6 is 11.3 Å². The lowest BCUT2D eigenvalue weighted by Crippen LogP contribution is -2.33. The third-order valence-corrected chi connectivity index (χ3v) is 7.00. The Kier molecular flexibility index (Phi) is 6.08. The van der Waals surface area contributed by atoms with E-state index >= 15 is 0 Å². The number of fused-ring (bicyclic) bond motifs is 2. The predicted molar refractivity (Wildman–Crippen MR) is 148 cm³/mol. The monoisotopic (exact) mass is 553 g/mol. The summed E-state index contributed by atoms with van der Waals surface area (Å²) in [6, 6.07) is 6.47. The summed E-state index contributed by atoms with van der Waals surface area (Å²) in [7, 11) is 1.79. The van der Waals surface area contributed by atoms with E-state index < -0.39 is 23.3 Å². The maximum Gasteiger partial charge on any atom is 0.268 e. The van der Waals surface area contributed by atoms with Crippen LogP contribution in [0.2, 0.25) is 0 Å². The van der Waals surface area contributed by atoms with Crippen LogP contribution in [0.3, 0.4) is 0 Å². The maximum atomic E-state index is 14.3. The number of nitrogen functional groups attached to an aromatic ring is 1. The van der Waals surface area contributed by atoms with Crippen LogP contribution in [0, 0.1) is 17.7 Å². The van der Waals surface area contributed by atoms with Crippen molar-refractivity contribution in [3.05, 3.63) is 99.2 Å². The molecular weight excluding hydrogens is 533 g/mol. The van der Waals surface area contributed by atoms with E-state index in [2.05, 4.69) is 32.3 Å². The van der Waals surface area contributed by atoms with Crippen molar-refractivity contribution in [1.82, 2.24) is 39.2 Å². The molecule has 11 nitrogen and oxygen atoms in total. The molecule has 0 radical (unpaired) electrons. The van der Waals surface area contributed by atoms with Crippen LogP contribution in [0.15, 0.2) is 65.3 Å². The summed E-state index contributed by atoms with van der Waals surface area (Å²) in [4.78, 5) is 36.7. The summed E-state index contributed by atoms with van der Waals surface area (Å²) in [5, 5.41) is 13.1. The van der Waals surface area contributed by atoms with Gasteiger partial charge in [0, 0.05) is 31.0 Å². The molecule has 1 aromatic carbocycles. The van der Waals surface area contributed by atoms with Gasteiger partial charge in [0.05, 0.1) is 34.4 Å². The van der Waals surface area contributed by atoms with Gasteiger partial charge in [-0.3, -0.25) is 18.8 Å². The lowest BCUT2D eigenvalue weighted by Gasteiger charge is -2.19. The zero-order chi connectivity index (χ0) is 28.0. The summed E-state index contributed by atoms with van der Waals surface area (Å²) in [6.45, 7) is 1.67. The van der Waals surface area contributed by atoms with Crippen LogP contribution in [0.25, 0.3) is 21.6 Å². The Morgan fingerprint density at radius 1 is 1.25 bits per heavy atom. The molecule has 198 valence electrons. The molecule has 0 aliphatic heterocycles. The van der Waals surface area contributed by atoms with E-state index in [0.717, 1.165) is 0 Å². The highest BCUT2D eigenvalue weighted by Gasteiger charge is 2.25. The molecule has 0 bridgehead atoms. The number of carbonyl (C=O) groups excluding carboxylic acids is 1. The second-order valence-corrected chi connectivity index (χ2v) is 9.77. The first-order valence-electron chi connectivity index (χ1n) is 12.0. The summed E-state index contributed by atoms with van der Waals surface area (Å²) in [6.07, 6.45) is 6.54. The number of hydrogen-bond acceptors (Lipinski definition) is 8. The van der Waals surface area contributed by atoms with Gasteiger partial charge in [-0.25, -0.2) is 18.9 Å². The molecule has 1 unspecified atom stereocenters. The van der Waals surface area contributed by atoms with E-state index in [9.17, 15) is 14.0 Å². The molecule has 0 fully saturated rings. The predicted octanol–water partition coefficient (Wildman–Crippen LogP) is 2.84. The number of anilines is 1. The lowest BCUT2D eigenvalue weighted by atomic mass is 10.2. The van der Waals surface area contributed by atoms with Gasteiger partial charge in [0.1, 0.15) is 22.0 Å². The van der Waals surface area contributed by atoms with Crippen molar-refractivity contribution >= 4 is 38.9 Å². The average Bonchev–Trinajstić information content (AvgIpc) is 3.63. The van der Waals surface area contributed by atoms with Gasteiger partial charge in [0.2, 0.25) is 0 Å². The van der Waals surface area contributed by atoms with Gasteiger partial charge >= 0.3 is 0 Å². The number of halogens is 1. The lowest BCUT2D eigenvalue weighted by molar-refractivity contribution is 0.0940. The molecule has 1 amide bonds. The van der Waals surface area contributed by atoms with Crippen LogP contribution in [-0.4, -0.2) is 39.8 Å². The van der Waals surface area contributed by atoms with Gasteiger partial charge in [-0.05, 0) is 31.2 Å². The minimum absolute atomic E-state index is 0.00409. The van der Waals surface area contributed by atoms with Gasteiger partial charge in [0.25, 0.3) is 11.5 Å². The molecule has 0 aliphatic carbocycles.